The molecule has 1 aliphatic heterocycles. The highest BCUT2D eigenvalue weighted by molar-refractivity contribution is 5.98. The Labute approximate surface area is 239 Å². The summed E-state index contributed by atoms with van der Waals surface area (Å²) < 4.78 is 32.2. The molecule has 4 N–H and O–H groups in total. The molecule has 2 fully saturated rings. The quantitative estimate of drug-likeness (QED) is 0.392. The summed E-state index contributed by atoms with van der Waals surface area (Å²) in [5.41, 5.74) is 3.72. The second-order valence-electron chi connectivity index (χ2n) is 11.2. The van der Waals surface area contributed by atoms with Gasteiger partial charge in [-0.25, -0.2) is 18.4 Å². The molecule has 2 aromatic carbocycles. The first-order valence-corrected chi connectivity index (χ1v) is 13.9. The van der Waals surface area contributed by atoms with Gasteiger partial charge in [-0.15, -0.1) is 0 Å². The van der Waals surface area contributed by atoms with E-state index in [2.05, 4.69) is 10.6 Å². The first kappa shape index (κ1) is 29.0. The van der Waals surface area contributed by atoms with Crippen LogP contribution in [0.5, 0.6) is 0 Å². The van der Waals surface area contributed by atoms with E-state index in [1.54, 1.807) is 13.8 Å². The predicted octanol–water partition coefficient (Wildman–Crippen LogP) is 2.96. The van der Waals surface area contributed by atoms with Crippen LogP contribution in [-0.4, -0.2) is 51.0 Å². The Balaban J connectivity index is 1.34. The molecule has 0 spiro atoms. The molecule has 1 saturated heterocycles. The van der Waals surface area contributed by atoms with Crippen molar-refractivity contribution in [3.8, 4) is 0 Å². The number of urea groups is 1. The average molecular weight is 583 g/mol. The van der Waals surface area contributed by atoms with Gasteiger partial charge in [0, 0.05) is 43.3 Å². The topological polar surface area (TPSA) is 149 Å². The largest absolute Gasteiger partial charge is 0.366 e. The number of hydrogen-bond donors (Lipinski definition) is 3. The smallest absolute Gasteiger partial charge is 0.331 e. The third kappa shape index (κ3) is 5.76. The van der Waals surface area contributed by atoms with E-state index in [-0.39, 0.29) is 46.2 Å². The summed E-state index contributed by atoms with van der Waals surface area (Å²) in [6.45, 7) is 4.25. The van der Waals surface area contributed by atoms with Crippen LogP contribution in [0.1, 0.15) is 66.3 Å². The van der Waals surface area contributed by atoms with Gasteiger partial charge in [0.25, 0.3) is 11.5 Å². The fourth-order valence-electron chi connectivity index (χ4n) is 5.30. The van der Waals surface area contributed by atoms with E-state index in [0.29, 0.717) is 25.9 Å². The maximum Gasteiger partial charge on any atom is 0.331 e. The summed E-state index contributed by atoms with van der Waals surface area (Å²) in [7, 11) is 0. The van der Waals surface area contributed by atoms with Crippen molar-refractivity contribution in [1.82, 2.24) is 19.4 Å². The van der Waals surface area contributed by atoms with Gasteiger partial charge in [-0.1, -0.05) is 0 Å². The summed E-state index contributed by atoms with van der Waals surface area (Å²) in [5.74, 6) is -2.99. The van der Waals surface area contributed by atoms with Gasteiger partial charge in [0.05, 0.1) is 22.2 Å². The summed E-state index contributed by atoms with van der Waals surface area (Å²) in [5, 5.41) is 5.34. The summed E-state index contributed by atoms with van der Waals surface area (Å²) >= 11 is 0. The van der Waals surface area contributed by atoms with E-state index in [4.69, 9.17) is 5.73 Å². The van der Waals surface area contributed by atoms with E-state index in [0.717, 1.165) is 31.0 Å². The van der Waals surface area contributed by atoms with Crippen LogP contribution in [0.15, 0.2) is 39.9 Å². The van der Waals surface area contributed by atoms with E-state index in [1.165, 1.54) is 26.2 Å². The molecule has 2 aliphatic rings. The highest BCUT2D eigenvalue weighted by Crippen LogP contribution is 2.30. The number of hydrogen-bond acceptors (Lipinski definition) is 5. The zero-order valence-electron chi connectivity index (χ0n) is 23.3. The summed E-state index contributed by atoms with van der Waals surface area (Å²) in [6.07, 6.45) is 2.91. The minimum Gasteiger partial charge on any atom is -0.366 e. The Morgan fingerprint density at radius 2 is 1.79 bits per heavy atom. The standard InChI is InChI=1S/C29H32F2N6O5/c1-15(2)37-24-12-22(31)23(11-20(24)27(40)36(29(37)42)13-16-5-6-16)34-28(41)35-9-3-4-18(14-35)33-26(39)19-8-7-17(25(32)38)10-21(19)30/h7-8,10-12,15-16,18H,3-6,9,13-14H2,1-2H3,(H2,32,38)(H,33,39)(H,34,41). The first-order valence-electron chi connectivity index (χ1n) is 13.9. The van der Waals surface area contributed by atoms with Crippen LogP contribution in [0, 0.1) is 17.6 Å². The van der Waals surface area contributed by atoms with Crippen LogP contribution in [0.2, 0.25) is 0 Å². The number of likely N-dealkylation sites (tertiary alicyclic amines) is 1. The Morgan fingerprint density at radius 1 is 1.05 bits per heavy atom. The Kier molecular flexibility index (Phi) is 7.85. The zero-order chi connectivity index (χ0) is 30.3. The first-order chi connectivity index (χ1) is 19.9. The van der Waals surface area contributed by atoms with E-state index >= 15 is 4.39 Å². The molecular weight excluding hydrogens is 550 g/mol. The third-order valence-corrected chi connectivity index (χ3v) is 7.70. The molecule has 0 bridgehead atoms. The van der Waals surface area contributed by atoms with Crippen LogP contribution in [-0.2, 0) is 6.54 Å². The number of anilines is 1. The fraction of sp³-hybridized carbons (Fsp3) is 0.414. The zero-order valence-corrected chi connectivity index (χ0v) is 23.3. The number of benzene rings is 2. The molecule has 222 valence electrons. The molecule has 5 rings (SSSR count). The molecule has 11 nitrogen and oxygen atoms in total. The van der Waals surface area contributed by atoms with Crippen LogP contribution in [0.25, 0.3) is 10.9 Å². The van der Waals surface area contributed by atoms with Crippen molar-refractivity contribution in [3.63, 3.8) is 0 Å². The number of rotatable bonds is 7. The lowest BCUT2D eigenvalue weighted by atomic mass is 10.0. The minimum atomic E-state index is -0.903. The lowest BCUT2D eigenvalue weighted by Crippen LogP contribution is -2.50. The van der Waals surface area contributed by atoms with Crippen LogP contribution in [0.3, 0.4) is 0 Å². The van der Waals surface area contributed by atoms with Crippen LogP contribution < -0.4 is 27.6 Å². The summed E-state index contributed by atoms with van der Waals surface area (Å²) in [6, 6.07) is 4.17. The molecular formula is C29H32F2N6O5. The van der Waals surface area contributed by atoms with Crippen molar-refractivity contribution >= 4 is 34.4 Å². The van der Waals surface area contributed by atoms with Crippen LogP contribution >= 0.6 is 0 Å². The van der Waals surface area contributed by atoms with Gasteiger partial charge in [-0.2, -0.15) is 0 Å². The molecule has 1 aromatic heterocycles. The number of nitrogens with one attached hydrogen (secondary N) is 2. The molecule has 13 heteroatoms. The number of primary amides is 1. The molecule has 1 unspecified atom stereocenters. The van der Waals surface area contributed by atoms with Crippen molar-refractivity contribution in [2.24, 2.45) is 11.7 Å². The van der Waals surface area contributed by atoms with Gasteiger partial charge in [-0.3, -0.25) is 23.5 Å². The predicted molar refractivity (Wildman–Crippen MR) is 152 cm³/mol. The number of fused-ring (bicyclic) bond motifs is 1. The lowest BCUT2D eigenvalue weighted by Gasteiger charge is -2.33. The maximum absolute atomic E-state index is 15.2. The minimum absolute atomic E-state index is 0.0696. The van der Waals surface area contributed by atoms with Gasteiger partial charge in [0.2, 0.25) is 5.91 Å². The molecule has 1 saturated carbocycles. The third-order valence-electron chi connectivity index (χ3n) is 7.70. The van der Waals surface area contributed by atoms with Crippen molar-refractivity contribution in [2.75, 3.05) is 18.4 Å². The number of amides is 4. The van der Waals surface area contributed by atoms with E-state index in [9.17, 15) is 28.4 Å². The molecule has 1 aliphatic carbocycles. The maximum atomic E-state index is 15.2. The second-order valence-corrected chi connectivity index (χ2v) is 11.2. The second kappa shape index (κ2) is 11.4. The van der Waals surface area contributed by atoms with Gasteiger partial charge in [-0.05, 0) is 69.7 Å². The van der Waals surface area contributed by atoms with Gasteiger partial charge in [0.15, 0.2) is 0 Å². The fourth-order valence-corrected chi connectivity index (χ4v) is 5.30. The molecule has 4 amide bonds. The van der Waals surface area contributed by atoms with Crippen molar-refractivity contribution in [1.29, 1.82) is 0 Å². The van der Waals surface area contributed by atoms with Gasteiger partial charge >= 0.3 is 11.7 Å². The number of piperidine rings is 1. The number of halogens is 2. The number of nitrogens with two attached hydrogens (primary N) is 1. The number of aromatic nitrogens is 2. The van der Waals surface area contributed by atoms with Crippen molar-refractivity contribution in [3.05, 3.63) is 73.9 Å². The Bertz CT molecular complexity index is 1710. The van der Waals surface area contributed by atoms with Crippen molar-refractivity contribution in [2.45, 2.75) is 58.2 Å². The normalized spacial score (nSPS) is 17.0. The van der Waals surface area contributed by atoms with Crippen LogP contribution in [0.4, 0.5) is 19.3 Å². The number of carbonyl (C=O) groups is 3. The monoisotopic (exact) mass is 582 g/mol. The average Bonchev–Trinajstić information content (AvgIpc) is 3.76. The van der Waals surface area contributed by atoms with E-state index in [1.807, 2.05) is 0 Å². The van der Waals surface area contributed by atoms with Gasteiger partial charge in [0.1, 0.15) is 11.6 Å². The van der Waals surface area contributed by atoms with Gasteiger partial charge < -0.3 is 21.3 Å². The molecule has 42 heavy (non-hydrogen) atoms. The summed E-state index contributed by atoms with van der Waals surface area (Å²) in [4.78, 5) is 64.9. The van der Waals surface area contributed by atoms with Crippen molar-refractivity contribution < 1.29 is 23.2 Å². The highest BCUT2D eigenvalue weighted by atomic mass is 19.1. The SMILES string of the molecule is CC(C)n1c(=O)n(CC2CC2)c(=O)c2cc(NC(=O)N3CCCC(NC(=O)c4ccc(C(N)=O)cc4F)C3)c(F)cc21. The Morgan fingerprint density at radius 3 is 2.43 bits per heavy atom. The highest BCUT2D eigenvalue weighted by Gasteiger charge is 2.28. The number of nitrogens with zero attached hydrogens (tertiary/aromatic N) is 3. The number of carbonyl (C=O) groups excluding carboxylic acids is 3. The molecule has 3 aromatic rings. The molecule has 2 heterocycles. The Hall–Kier alpha value is -4.55. The molecule has 0 radical (unpaired) electrons. The lowest BCUT2D eigenvalue weighted by molar-refractivity contribution is 0.0907. The van der Waals surface area contributed by atoms with E-state index < -0.39 is 46.8 Å². The molecule has 1 atom stereocenters.